The minimum absolute atomic E-state index is 0. The molecule has 0 radical (unpaired) electrons. The Labute approximate surface area is 94.4 Å². The molecule has 0 aromatic carbocycles. The Hall–Kier alpha value is -1.42. The van der Waals surface area contributed by atoms with E-state index in [0.29, 0.717) is 11.6 Å². The zero-order valence-electron chi connectivity index (χ0n) is 8.94. The number of hydrogen-bond acceptors (Lipinski definition) is 3. The topological polar surface area (TPSA) is 52.5 Å². The Kier molecular flexibility index (Phi) is 3.09. The van der Waals surface area contributed by atoms with Gasteiger partial charge in [0.2, 0.25) is 0 Å². The Balaban J connectivity index is 0.00000112. The highest BCUT2D eigenvalue weighted by molar-refractivity contribution is 5.85. The molecule has 0 aliphatic carbocycles. The maximum atomic E-state index is 5.86. The number of halogens is 1. The largest absolute Gasteiger partial charge is 0.478 e. The second-order valence-corrected chi connectivity index (χ2v) is 3.32. The number of anilines is 1. The van der Waals surface area contributed by atoms with Crippen molar-refractivity contribution < 1.29 is 4.74 Å². The van der Waals surface area contributed by atoms with E-state index in [1.54, 1.807) is 7.11 Å². The molecule has 0 bridgehead atoms. The highest BCUT2D eigenvalue weighted by Crippen LogP contribution is 2.26. The van der Waals surface area contributed by atoms with Crippen molar-refractivity contribution in [2.75, 3.05) is 12.8 Å². The van der Waals surface area contributed by atoms with Crippen molar-refractivity contribution >= 4 is 23.6 Å². The molecule has 0 atom stereocenters. The smallest absolute Gasteiger partial charge is 0.257 e. The van der Waals surface area contributed by atoms with Crippen molar-refractivity contribution in [3.05, 3.63) is 23.4 Å². The SMILES string of the molecule is COc1nn2c(C)c(C)ccc2c1N.Cl. The monoisotopic (exact) mass is 227 g/mol. The third-order valence-corrected chi connectivity index (χ3v) is 2.50. The van der Waals surface area contributed by atoms with Gasteiger partial charge in [-0.2, -0.15) is 0 Å². The van der Waals surface area contributed by atoms with Gasteiger partial charge < -0.3 is 10.5 Å². The van der Waals surface area contributed by atoms with Crippen LogP contribution in [0.4, 0.5) is 5.69 Å². The van der Waals surface area contributed by atoms with Crippen LogP contribution in [-0.2, 0) is 0 Å². The van der Waals surface area contributed by atoms with Gasteiger partial charge >= 0.3 is 0 Å². The van der Waals surface area contributed by atoms with Gasteiger partial charge in [-0.15, -0.1) is 17.5 Å². The first-order valence-electron chi connectivity index (χ1n) is 4.43. The van der Waals surface area contributed by atoms with Crippen LogP contribution in [0.15, 0.2) is 12.1 Å². The number of methoxy groups -OCH3 is 1. The van der Waals surface area contributed by atoms with Gasteiger partial charge in [0.1, 0.15) is 5.69 Å². The number of nitrogen functional groups attached to an aromatic ring is 1. The first-order valence-corrected chi connectivity index (χ1v) is 4.43. The fourth-order valence-corrected chi connectivity index (χ4v) is 1.48. The van der Waals surface area contributed by atoms with Crippen molar-refractivity contribution in [3.8, 4) is 5.88 Å². The molecule has 15 heavy (non-hydrogen) atoms. The first kappa shape index (κ1) is 11.7. The average molecular weight is 228 g/mol. The third kappa shape index (κ3) is 1.61. The molecule has 82 valence electrons. The number of hydrogen-bond donors (Lipinski definition) is 1. The number of rotatable bonds is 1. The minimum Gasteiger partial charge on any atom is -0.478 e. The number of nitrogens with zero attached hydrogens (tertiary/aromatic N) is 2. The fraction of sp³-hybridized carbons (Fsp3) is 0.300. The zero-order valence-corrected chi connectivity index (χ0v) is 9.76. The molecular weight excluding hydrogens is 214 g/mol. The standard InChI is InChI=1S/C10H13N3O.ClH/c1-6-4-5-8-9(11)10(14-3)12-13(8)7(6)2;/h4-5H,11H2,1-3H3;1H. The van der Waals surface area contributed by atoms with Gasteiger partial charge in [0, 0.05) is 5.69 Å². The number of nitrogens with two attached hydrogens (primary N) is 1. The van der Waals surface area contributed by atoms with Gasteiger partial charge in [0.15, 0.2) is 0 Å². The van der Waals surface area contributed by atoms with Crippen molar-refractivity contribution in [1.29, 1.82) is 0 Å². The Morgan fingerprint density at radius 1 is 1.33 bits per heavy atom. The van der Waals surface area contributed by atoms with Crippen LogP contribution in [0.2, 0.25) is 0 Å². The van der Waals surface area contributed by atoms with Gasteiger partial charge in [-0.25, -0.2) is 4.52 Å². The summed E-state index contributed by atoms with van der Waals surface area (Å²) in [4.78, 5) is 0. The number of ether oxygens (including phenoxy) is 1. The lowest BCUT2D eigenvalue weighted by Gasteiger charge is -2.01. The molecule has 0 aliphatic rings. The number of aryl methyl sites for hydroxylation is 2. The van der Waals surface area contributed by atoms with Gasteiger partial charge in [-0.1, -0.05) is 6.07 Å². The Morgan fingerprint density at radius 2 is 2.00 bits per heavy atom. The van der Waals surface area contributed by atoms with Crippen LogP contribution >= 0.6 is 12.4 Å². The predicted octanol–water partition coefficient (Wildman–Crippen LogP) is 1.96. The summed E-state index contributed by atoms with van der Waals surface area (Å²) < 4.78 is 6.88. The van der Waals surface area contributed by atoms with Crippen molar-refractivity contribution in [3.63, 3.8) is 0 Å². The molecule has 0 spiro atoms. The van der Waals surface area contributed by atoms with Gasteiger partial charge in [0.05, 0.1) is 12.6 Å². The van der Waals surface area contributed by atoms with E-state index in [2.05, 4.69) is 5.10 Å². The molecule has 2 aromatic heterocycles. The van der Waals surface area contributed by atoms with E-state index in [4.69, 9.17) is 10.5 Å². The zero-order chi connectivity index (χ0) is 10.3. The summed E-state index contributed by atoms with van der Waals surface area (Å²) in [6, 6.07) is 3.98. The van der Waals surface area contributed by atoms with E-state index in [9.17, 15) is 0 Å². The number of pyridine rings is 1. The molecule has 0 fully saturated rings. The van der Waals surface area contributed by atoms with Crippen LogP contribution in [0.1, 0.15) is 11.3 Å². The molecular formula is C10H14ClN3O. The van der Waals surface area contributed by atoms with Crippen LogP contribution in [0.3, 0.4) is 0 Å². The van der Waals surface area contributed by atoms with E-state index >= 15 is 0 Å². The molecule has 2 aromatic rings. The van der Waals surface area contributed by atoms with E-state index in [1.165, 1.54) is 5.56 Å². The summed E-state index contributed by atoms with van der Waals surface area (Å²) >= 11 is 0. The average Bonchev–Trinajstić information content (AvgIpc) is 2.50. The number of aromatic nitrogens is 2. The molecule has 2 rings (SSSR count). The lowest BCUT2D eigenvalue weighted by molar-refractivity contribution is 0.396. The first-order chi connectivity index (χ1) is 6.65. The second-order valence-electron chi connectivity index (χ2n) is 3.32. The highest BCUT2D eigenvalue weighted by atomic mass is 35.5. The predicted molar refractivity (Wildman–Crippen MR) is 62.9 cm³/mol. The Bertz CT molecular complexity index is 493. The third-order valence-electron chi connectivity index (χ3n) is 2.50. The van der Waals surface area contributed by atoms with E-state index in [0.717, 1.165) is 11.2 Å². The van der Waals surface area contributed by atoms with Crippen LogP contribution in [-0.4, -0.2) is 16.7 Å². The maximum absolute atomic E-state index is 5.86. The second kappa shape index (κ2) is 3.98. The minimum atomic E-state index is 0. The van der Waals surface area contributed by atoms with Gasteiger partial charge in [0.25, 0.3) is 5.88 Å². The molecule has 2 N–H and O–H groups in total. The van der Waals surface area contributed by atoms with Crippen LogP contribution < -0.4 is 10.5 Å². The van der Waals surface area contributed by atoms with Gasteiger partial charge in [-0.05, 0) is 25.5 Å². The molecule has 0 aliphatic heterocycles. The van der Waals surface area contributed by atoms with Crippen LogP contribution in [0.5, 0.6) is 5.88 Å². The van der Waals surface area contributed by atoms with E-state index < -0.39 is 0 Å². The lowest BCUT2D eigenvalue weighted by atomic mass is 10.2. The highest BCUT2D eigenvalue weighted by Gasteiger charge is 2.11. The summed E-state index contributed by atoms with van der Waals surface area (Å²) in [6.45, 7) is 4.05. The molecule has 4 nitrogen and oxygen atoms in total. The molecule has 0 amide bonds. The summed E-state index contributed by atoms with van der Waals surface area (Å²) in [5.74, 6) is 0.485. The molecule has 2 heterocycles. The summed E-state index contributed by atoms with van der Waals surface area (Å²) in [5, 5.41) is 4.26. The molecule has 0 saturated carbocycles. The van der Waals surface area contributed by atoms with Crippen LogP contribution in [0, 0.1) is 13.8 Å². The quantitative estimate of drug-likeness (QED) is 0.811. The van der Waals surface area contributed by atoms with Crippen LogP contribution in [0.25, 0.3) is 5.52 Å². The maximum Gasteiger partial charge on any atom is 0.257 e. The van der Waals surface area contributed by atoms with Crippen molar-refractivity contribution in [2.24, 2.45) is 0 Å². The van der Waals surface area contributed by atoms with Gasteiger partial charge in [-0.3, -0.25) is 0 Å². The fourth-order valence-electron chi connectivity index (χ4n) is 1.48. The molecule has 0 unspecified atom stereocenters. The molecule has 5 heteroatoms. The number of fused-ring (bicyclic) bond motifs is 1. The van der Waals surface area contributed by atoms with Crippen molar-refractivity contribution in [1.82, 2.24) is 9.61 Å². The summed E-state index contributed by atoms with van der Waals surface area (Å²) in [6.07, 6.45) is 0. The Morgan fingerprint density at radius 3 is 2.60 bits per heavy atom. The lowest BCUT2D eigenvalue weighted by Crippen LogP contribution is -1.96. The summed E-state index contributed by atoms with van der Waals surface area (Å²) in [5.41, 5.74) is 9.61. The van der Waals surface area contributed by atoms with E-state index in [1.807, 2.05) is 30.5 Å². The van der Waals surface area contributed by atoms with Crippen molar-refractivity contribution in [2.45, 2.75) is 13.8 Å². The summed E-state index contributed by atoms with van der Waals surface area (Å²) in [7, 11) is 1.57. The molecule has 0 saturated heterocycles. The van der Waals surface area contributed by atoms with E-state index in [-0.39, 0.29) is 12.4 Å². The normalized spacial score (nSPS) is 10.1.